The molecule has 2 aromatic rings. The second-order valence-electron chi connectivity index (χ2n) is 11.0. The number of unbranched alkanes of at least 4 members (excludes halogenated alkanes) is 2. The molecule has 3 rings (SSSR count). The van der Waals surface area contributed by atoms with Gasteiger partial charge < -0.3 is 19.4 Å². The van der Waals surface area contributed by atoms with Crippen LogP contribution >= 0.6 is 0 Å². The third-order valence-corrected chi connectivity index (χ3v) is 8.00. The zero-order valence-corrected chi connectivity index (χ0v) is 30.1. The Kier molecular flexibility index (Phi) is 20.9. The Balaban J connectivity index is 0.00000322. The van der Waals surface area contributed by atoms with Crippen LogP contribution in [0.15, 0.2) is 35.9 Å². The minimum atomic E-state index is 0. The Bertz CT molecular complexity index is 1110. The number of nitrogens with zero attached hydrogens (tertiary/aromatic N) is 2. The average Bonchev–Trinajstić information content (AvgIpc) is 3.31. The van der Waals surface area contributed by atoms with E-state index in [-0.39, 0.29) is 20.4 Å². The molecule has 236 valence electrons. The molecule has 2 nitrogen and oxygen atoms in total. The van der Waals surface area contributed by atoms with E-state index in [2.05, 4.69) is 92.7 Å². The first-order chi connectivity index (χ1) is 19.9. The van der Waals surface area contributed by atoms with Gasteiger partial charge in [0.1, 0.15) is 0 Å². The van der Waals surface area contributed by atoms with E-state index in [1.807, 2.05) is 0 Å². The van der Waals surface area contributed by atoms with Crippen molar-refractivity contribution in [2.24, 2.45) is 0 Å². The van der Waals surface area contributed by atoms with Crippen LogP contribution in [0.2, 0.25) is 0 Å². The van der Waals surface area contributed by atoms with Gasteiger partial charge in [-0.3, -0.25) is 0 Å². The Morgan fingerprint density at radius 3 is 1.31 bits per heavy atom. The molecule has 0 aromatic heterocycles. The van der Waals surface area contributed by atoms with Crippen molar-refractivity contribution in [2.75, 3.05) is 0 Å². The fraction of sp³-hybridized carbons (Fsp3) is 0.538. The molecule has 0 atom stereocenters. The summed E-state index contributed by atoms with van der Waals surface area (Å²) in [6.45, 7) is 25.8. The van der Waals surface area contributed by atoms with E-state index >= 15 is 0 Å². The molecule has 0 amide bonds. The third-order valence-electron chi connectivity index (χ3n) is 8.00. The van der Waals surface area contributed by atoms with Gasteiger partial charge in [-0.2, -0.15) is 13.8 Å². The van der Waals surface area contributed by atoms with Crippen molar-refractivity contribution >= 4 is 11.4 Å². The molecular weight excluding hydrogens is 603 g/mol. The van der Waals surface area contributed by atoms with Crippen molar-refractivity contribution in [3.63, 3.8) is 0 Å². The van der Waals surface area contributed by atoms with E-state index in [0.29, 0.717) is 0 Å². The van der Waals surface area contributed by atoms with E-state index in [1.54, 1.807) is 13.8 Å². The largest absolute Gasteiger partial charge is 2.00 e. The van der Waals surface area contributed by atoms with E-state index in [0.717, 1.165) is 81.2 Å². The number of benzene rings is 2. The smallest absolute Gasteiger partial charge is 0.493 e. The maximum absolute atomic E-state index is 11.8. The zero-order chi connectivity index (χ0) is 30.9. The van der Waals surface area contributed by atoms with Crippen LogP contribution in [0.1, 0.15) is 144 Å². The van der Waals surface area contributed by atoms with Crippen LogP contribution in [0.5, 0.6) is 0 Å². The topological polar surface area (TPSA) is 25.3 Å². The predicted octanol–water partition coefficient (Wildman–Crippen LogP) is 12.2. The first-order valence-corrected chi connectivity index (χ1v) is 16.5. The summed E-state index contributed by atoms with van der Waals surface area (Å²) in [7, 11) is 0. The van der Waals surface area contributed by atoms with Crippen molar-refractivity contribution in [1.82, 2.24) is 0 Å². The fourth-order valence-corrected chi connectivity index (χ4v) is 5.90. The third kappa shape index (κ3) is 10.4. The van der Waals surface area contributed by atoms with Gasteiger partial charge in [0.15, 0.2) is 0 Å². The summed E-state index contributed by atoms with van der Waals surface area (Å²) in [4.78, 5) is 0. The summed E-state index contributed by atoms with van der Waals surface area (Å²) in [5.74, 6) is 0. The van der Waals surface area contributed by atoms with Crippen LogP contribution in [0.25, 0.3) is 16.9 Å². The van der Waals surface area contributed by atoms with E-state index in [1.165, 1.54) is 62.1 Å². The van der Waals surface area contributed by atoms with Gasteiger partial charge in [0.05, 0.1) is 0 Å². The minimum Gasteiger partial charge on any atom is -0.493 e. The Morgan fingerprint density at radius 1 is 0.571 bits per heavy atom. The average molecular weight is 663 g/mol. The number of hydrogen-bond acceptors (Lipinski definition) is 0. The van der Waals surface area contributed by atoms with Crippen molar-refractivity contribution < 1.29 is 25.1 Å². The van der Waals surface area contributed by atoms with Gasteiger partial charge in [-0.25, -0.2) is 4.70 Å². The monoisotopic (exact) mass is 662 g/mol. The SMILES string of the molecule is CCCCCC1=C(c2cc(CCC)c(C)c(CCC)c2)[N+](=[N-])C(c2cc(CCC)c(C)c(CCC)c2)=C1.[CH2-]C.[CH2-]C.[Pd+2]. The minimum absolute atomic E-state index is 0. The molecule has 0 bridgehead atoms. The summed E-state index contributed by atoms with van der Waals surface area (Å²) in [6, 6.07) is 9.38. The van der Waals surface area contributed by atoms with Gasteiger partial charge >= 0.3 is 20.4 Å². The summed E-state index contributed by atoms with van der Waals surface area (Å²) in [5.41, 5.74) is 25.9. The molecule has 1 heterocycles. The predicted molar refractivity (Wildman–Crippen MR) is 183 cm³/mol. The normalized spacial score (nSPS) is 12.3. The van der Waals surface area contributed by atoms with Gasteiger partial charge in [-0.05, 0) is 110 Å². The second-order valence-corrected chi connectivity index (χ2v) is 11.0. The Labute approximate surface area is 274 Å². The van der Waals surface area contributed by atoms with Crippen LogP contribution in [0.4, 0.5) is 0 Å². The summed E-state index contributed by atoms with van der Waals surface area (Å²) >= 11 is 0. The maximum atomic E-state index is 11.8. The Morgan fingerprint density at radius 2 is 0.952 bits per heavy atom. The molecule has 0 aliphatic carbocycles. The quantitative estimate of drug-likeness (QED) is 0.0832. The molecule has 3 heteroatoms. The number of rotatable bonds is 14. The van der Waals surface area contributed by atoms with Crippen LogP contribution in [0, 0.1) is 27.7 Å². The molecule has 0 saturated heterocycles. The maximum Gasteiger partial charge on any atom is 2.00 e. The first-order valence-electron chi connectivity index (χ1n) is 16.5. The first kappa shape index (κ1) is 40.2. The molecule has 0 spiro atoms. The molecule has 1 aliphatic rings. The zero-order valence-electron chi connectivity index (χ0n) is 28.5. The van der Waals surface area contributed by atoms with E-state index < -0.39 is 0 Å². The fourth-order valence-electron chi connectivity index (χ4n) is 5.90. The summed E-state index contributed by atoms with van der Waals surface area (Å²) < 4.78 is 1.52. The van der Waals surface area contributed by atoms with Gasteiger partial charge in [-0.15, -0.1) is 0 Å². The van der Waals surface area contributed by atoms with Crippen LogP contribution in [-0.2, 0) is 46.1 Å². The molecule has 0 radical (unpaired) electrons. The van der Waals surface area contributed by atoms with Crippen LogP contribution in [0.3, 0.4) is 0 Å². The van der Waals surface area contributed by atoms with Crippen molar-refractivity contribution in [3.8, 4) is 0 Å². The molecule has 0 N–H and O–H groups in total. The molecule has 42 heavy (non-hydrogen) atoms. The molecule has 0 saturated carbocycles. The Hall–Kier alpha value is -1.82. The number of hydrogen-bond donors (Lipinski definition) is 0. The molecule has 1 aliphatic heterocycles. The van der Waals surface area contributed by atoms with Gasteiger partial charge in [0.2, 0.25) is 11.4 Å². The molecule has 0 unspecified atom stereocenters. The summed E-state index contributed by atoms with van der Waals surface area (Å²) in [5, 5.41) is 0. The van der Waals surface area contributed by atoms with Crippen LogP contribution < -0.4 is 0 Å². The van der Waals surface area contributed by atoms with Crippen molar-refractivity contribution in [2.45, 2.75) is 139 Å². The van der Waals surface area contributed by atoms with Gasteiger partial charge in [0.25, 0.3) is 0 Å². The second kappa shape index (κ2) is 21.8. The van der Waals surface area contributed by atoms with Gasteiger partial charge in [0, 0.05) is 22.8 Å². The van der Waals surface area contributed by atoms with Gasteiger partial charge in [-0.1, -0.05) is 73.1 Å². The van der Waals surface area contributed by atoms with E-state index in [4.69, 9.17) is 0 Å². The van der Waals surface area contributed by atoms with Crippen molar-refractivity contribution in [3.05, 3.63) is 99.8 Å². The molecular formula is C39H60N2Pd. The number of aryl methyl sites for hydroxylation is 4. The van der Waals surface area contributed by atoms with Crippen molar-refractivity contribution in [1.29, 1.82) is 0 Å². The van der Waals surface area contributed by atoms with Crippen LogP contribution in [-0.4, -0.2) is 4.70 Å². The van der Waals surface area contributed by atoms with E-state index in [9.17, 15) is 5.53 Å². The number of allylic oxidation sites excluding steroid dienone is 2. The molecule has 0 fully saturated rings. The molecule has 2 aromatic carbocycles. The standard InChI is InChI=1S/C35H50N2.2C2H5.Pd/c1-8-13-14-19-31-24-34(32-20-27(15-9-2)25(6)28(21-32)16-10-3)37(36)35(31)33-22-29(17-11-4)26(7)30(23-33)18-12-5;2*1-2;/h20-24H,8-19H2,1-7H3;2*1H2,2H3;/q;2*-1;+2. The summed E-state index contributed by atoms with van der Waals surface area (Å²) in [6.07, 6.45) is 15.7.